The fourth-order valence-electron chi connectivity index (χ4n) is 0.779. The van der Waals surface area contributed by atoms with Crippen molar-refractivity contribution in [1.82, 2.24) is 15.3 Å². The SMILES string of the molecule is CNC(C)C(=O)c1cnccn1. The van der Waals surface area contributed by atoms with Gasteiger partial charge in [0, 0.05) is 12.4 Å². The second-order valence-electron chi connectivity index (χ2n) is 2.47. The Bertz CT molecular complexity index is 260. The van der Waals surface area contributed by atoms with E-state index >= 15 is 0 Å². The van der Waals surface area contributed by atoms with Crippen molar-refractivity contribution in [2.24, 2.45) is 0 Å². The Morgan fingerprint density at radius 2 is 2.33 bits per heavy atom. The number of likely N-dealkylation sites (N-methyl/N-ethyl adjacent to an activating group) is 1. The predicted molar refractivity (Wildman–Crippen MR) is 44.9 cm³/mol. The van der Waals surface area contributed by atoms with E-state index < -0.39 is 0 Å². The molecule has 0 aliphatic heterocycles. The van der Waals surface area contributed by atoms with E-state index in [2.05, 4.69) is 15.3 Å². The number of Topliss-reactive ketones (excluding diaryl/α,β-unsaturated/α-hetero) is 1. The Morgan fingerprint density at radius 1 is 1.58 bits per heavy atom. The fourth-order valence-corrected chi connectivity index (χ4v) is 0.779. The summed E-state index contributed by atoms with van der Waals surface area (Å²) in [6.07, 6.45) is 4.52. The summed E-state index contributed by atoms with van der Waals surface area (Å²) in [5, 5.41) is 2.85. The van der Waals surface area contributed by atoms with Gasteiger partial charge in [-0.15, -0.1) is 0 Å². The summed E-state index contributed by atoms with van der Waals surface area (Å²) in [6, 6.07) is -0.207. The molecule has 0 aliphatic rings. The molecule has 1 atom stereocenters. The van der Waals surface area contributed by atoms with Crippen molar-refractivity contribution in [2.75, 3.05) is 7.05 Å². The molecular formula is C8H11N3O. The van der Waals surface area contributed by atoms with Crippen molar-refractivity contribution in [3.8, 4) is 0 Å². The first-order valence-electron chi connectivity index (χ1n) is 3.73. The highest BCUT2D eigenvalue weighted by atomic mass is 16.1. The van der Waals surface area contributed by atoms with Gasteiger partial charge in [-0.1, -0.05) is 0 Å². The lowest BCUT2D eigenvalue weighted by Gasteiger charge is -2.06. The van der Waals surface area contributed by atoms with Crippen LogP contribution >= 0.6 is 0 Å². The summed E-state index contributed by atoms with van der Waals surface area (Å²) >= 11 is 0. The van der Waals surface area contributed by atoms with Crippen LogP contribution in [0.15, 0.2) is 18.6 Å². The number of rotatable bonds is 3. The first kappa shape index (κ1) is 8.80. The number of hydrogen-bond donors (Lipinski definition) is 1. The molecule has 0 aromatic carbocycles. The highest BCUT2D eigenvalue weighted by Crippen LogP contribution is 1.96. The van der Waals surface area contributed by atoms with Gasteiger partial charge in [0.2, 0.25) is 0 Å². The number of nitrogens with zero attached hydrogens (tertiary/aromatic N) is 2. The molecule has 0 aliphatic carbocycles. The Balaban J connectivity index is 2.79. The minimum Gasteiger partial charge on any atom is -0.310 e. The van der Waals surface area contributed by atoms with Crippen molar-refractivity contribution in [2.45, 2.75) is 13.0 Å². The van der Waals surface area contributed by atoms with E-state index in [9.17, 15) is 4.79 Å². The van der Waals surface area contributed by atoms with Crippen molar-refractivity contribution >= 4 is 5.78 Å². The second-order valence-corrected chi connectivity index (χ2v) is 2.47. The van der Waals surface area contributed by atoms with Crippen molar-refractivity contribution in [1.29, 1.82) is 0 Å². The average Bonchev–Trinajstić information content (AvgIpc) is 2.17. The Morgan fingerprint density at radius 3 is 2.83 bits per heavy atom. The molecule has 1 rings (SSSR count). The van der Waals surface area contributed by atoms with Gasteiger partial charge in [-0.3, -0.25) is 9.78 Å². The van der Waals surface area contributed by atoms with Crippen LogP contribution in [0.25, 0.3) is 0 Å². The number of nitrogens with one attached hydrogen (secondary N) is 1. The van der Waals surface area contributed by atoms with Crippen molar-refractivity contribution < 1.29 is 4.79 Å². The summed E-state index contributed by atoms with van der Waals surface area (Å²) in [4.78, 5) is 19.1. The fraction of sp³-hybridized carbons (Fsp3) is 0.375. The predicted octanol–water partition coefficient (Wildman–Crippen LogP) is 0.267. The number of carbonyl (C=O) groups excluding carboxylic acids is 1. The lowest BCUT2D eigenvalue weighted by molar-refractivity contribution is 0.0949. The van der Waals surface area contributed by atoms with Crippen LogP contribution in [0, 0.1) is 0 Å². The zero-order valence-electron chi connectivity index (χ0n) is 7.11. The first-order valence-corrected chi connectivity index (χ1v) is 3.73. The molecule has 64 valence electrons. The molecule has 0 amide bonds. The molecule has 1 heterocycles. The van der Waals surface area contributed by atoms with Gasteiger partial charge >= 0.3 is 0 Å². The summed E-state index contributed by atoms with van der Waals surface area (Å²) in [5.41, 5.74) is 0.402. The number of ketones is 1. The Kier molecular flexibility index (Phi) is 2.88. The van der Waals surface area contributed by atoms with Crippen LogP contribution in [0.5, 0.6) is 0 Å². The molecule has 0 spiro atoms. The third kappa shape index (κ3) is 1.85. The molecule has 12 heavy (non-hydrogen) atoms. The van der Waals surface area contributed by atoms with Gasteiger partial charge in [-0.25, -0.2) is 4.98 Å². The van der Waals surface area contributed by atoms with Gasteiger partial charge in [0.05, 0.1) is 12.2 Å². The maximum Gasteiger partial charge on any atom is 0.199 e. The standard InChI is InChI=1S/C8H11N3O/c1-6(9-2)8(12)7-5-10-3-4-11-7/h3-6,9H,1-2H3. The zero-order chi connectivity index (χ0) is 8.97. The van der Waals surface area contributed by atoms with Gasteiger partial charge < -0.3 is 5.32 Å². The normalized spacial score (nSPS) is 12.5. The van der Waals surface area contributed by atoms with E-state index in [4.69, 9.17) is 0 Å². The number of aromatic nitrogens is 2. The van der Waals surface area contributed by atoms with Gasteiger partial charge in [-0.05, 0) is 14.0 Å². The van der Waals surface area contributed by atoms with Crippen LogP contribution < -0.4 is 5.32 Å². The first-order chi connectivity index (χ1) is 5.75. The molecule has 1 aromatic rings. The van der Waals surface area contributed by atoms with Crippen LogP contribution in [0.2, 0.25) is 0 Å². The number of carbonyl (C=O) groups is 1. The maximum absolute atomic E-state index is 11.4. The Hall–Kier alpha value is -1.29. The molecule has 0 fully saturated rings. The topological polar surface area (TPSA) is 54.9 Å². The summed E-state index contributed by atoms with van der Waals surface area (Å²) in [5.74, 6) is -0.0365. The van der Waals surface area contributed by atoms with Crippen molar-refractivity contribution in [3.63, 3.8) is 0 Å². The third-order valence-corrected chi connectivity index (χ3v) is 1.64. The zero-order valence-corrected chi connectivity index (χ0v) is 7.11. The largest absolute Gasteiger partial charge is 0.310 e. The lowest BCUT2D eigenvalue weighted by Crippen LogP contribution is -2.31. The Labute approximate surface area is 71.0 Å². The minimum atomic E-state index is -0.207. The van der Waals surface area contributed by atoms with E-state index in [-0.39, 0.29) is 11.8 Å². The highest BCUT2D eigenvalue weighted by Gasteiger charge is 2.13. The molecule has 0 radical (unpaired) electrons. The van der Waals surface area contributed by atoms with Crippen LogP contribution in [0.4, 0.5) is 0 Å². The molecule has 1 aromatic heterocycles. The molecule has 4 nitrogen and oxygen atoms in total. The van der Waals surface area contributed by atoms with Gasteiger partial charge in [0.1, 0.15) is 5.69 Å². The third-order valence-electron chi connectivity index (χ3n) is 1.64. The monoisotopic (exact) mass is 165 g/mol. The molecular weight excluding hydrogens is 154 g/mol. The van der Waals surface area contributed by atoms with E-state index in [1.54, 1.807) is 20.2 Å². The average molecular weight is 165 g/mol. The molecule has 1 unspecified atom stereocenters. The lowest BCUT2D eigenvalue weighted by atomic mass is 10.2. The maximum atomic E-state index is 11.4. The number of hydrogen-bond acceptors (Lipinski definition) is 4. The minimum absolute atomic E-state index is 0.0365. The molecule has 1 N–H and O–H groups in total. The molecule has 0 saturated heterocycles. The smallest absolute Gasteiger partial charge is 0.199 e. The van der Waals surface area contributed by atoms with Gasteiger partial charge in [-0.2, -0.15) is 0 Å². The van der Waals surface area contributed by atoms with E-state index in [0.29, 0.717) is 5.69 Å². The van der Waals surface area contributed by atoms with Crippen LogP contribution in [-0.4, -0.2) is 28.8 Å². The van der Waals surface area contributed by atoms with Gasteiger partial charge in [0.25, 0.3) is 0 Å². The van der Waals surface area contributed by atoms with E-state index in [0.717, 1.165) is 0 Å². The summed E-state index contributed by atoms with van der Waals surface area (Å²) in [7, 11) is 1.74. The summed E-state index contributed by atoms with van der Waals surface area (Å²) < 4.78 is 0. The van der Waals surface area contributed by atoms with Crippen LogP contribution in [0.1, 0.15) is 17.4 Å². The second kappa shape index (κ2) is 3.92. The van der Waals surface area contributed by atoms with Crippen LogP contribution in [-0.2, 0) is 0 Å². The van der Waals surface area contributed by atoms with E-state index in [1.165, 1.54) is 12.4 Å². The van der Waals surface area contributed by atoms with E-state index in [1.807, 2.05) is 0 Å². The van der Waals surface area contributed by atoms with Crippen molar-refractivity contribution in [3.05, 3.63) is 24.3 Å². The molecule has 0 bridgehead atoms. The van der Waals surface area contributed by atoms with Crippen LogP contribution in [0.3, 0.4) is 0 Å². The quantitative estimate of drug-likeness (QED) is 0.653. The van der Waals surface area contributed by atoms with Gasteiger partial charge in [0.15, 0.2) is 5.78 Å². The highest BCUT2D eigenvalue weighted by molar-refractivity contribution is 5.97. The molecule has 0 saturated carbocycles. The molecule has 4 heteroatoms. The summed E-state index contributed by atoms with van der Waals surface area (Å²) in [6.45, 7) is 1.79.